The zero-order chi connectivity index (χ0) is 20.7. The van der Waals surface area contributed by atoms with E-state index in [-0.39, 0.29) is 34.8 Å². The molecule has 0 bridgehead atoms. The van der Waals surface area contributed by atoms with Crippen molar-refractivity contribution >= 4 is 23.3 Å². The monoisotopic (exact) mass is 431 g/mol. The molecule has 0 aromatic carbocycles. The number of nitrogens with zero attached hydrogens (tertiary/aromatic N) is 3. The number of hydrogen-bond acceptors (Lipinski definition) is 6. The fraction of sp³-hybridized carbons (Fsp3) is 0.591. The first kappa shape index (κ1) is 20.0. The van der Waals surface area contributed by atoms with Gasteiger partial charge in [-0.3, -0.25) is 19.5 Å². The normalized spacial score (nSPS) is 32.1. The van der Waals surface area contributed by atoms with Crippen LogP contribution in [0.25, 0.3) is 0 Å². The molecule has 4 unspecified atom stereocenters. The van der Waals surface area contributed by atoms with Crippen molar-refractivity contribution in [1.82, 2.24) is 14.8 Å². The average Bonchev–Trinajstić information content (AvgIpc) is 3.06. The van der Waals surface area contributed by atoms with E-state index in [2.05, 4.69) is 9.88 Å². The largest absolute Gasteiger partial charge is 0.483 e. The number of ether oxygens (including phenoxy) is 2. The number of halogens is 1. The molecule has 0 spiro atoms. The van der Waals surface area contributed by atoms with Gasteiger partial charge in [0.15, 0.2) is 11.5 Å². The predicted molar refractivity (Wildman–Crippen MR) is 110 cm³/mol. The molecule has 2 fully saturated rings. The number of aromatic nitrogens is 1. The molecule has 0 N–H and O–H groups in total. The van der Waals surface area contributed by atoms with Crippen molar-refractivity contribution in [2.75, 3.05) is 39.4 Å². The highest BCUT2D eigenvalue weighted by molar-refractivity contribution is 6.21. The van der Waals surface area contributed by atoms with Gasteiger partial charge in [0.25, 0.3) is 5.91 Å². The third kappa shape index (κ3) is 3.53. The first-order chi connectivity index (χ1) is 14.6. The number of pyridine rings is 1. The lowest BCUT2D eigenvalue weighted by molar-refractivity contribution is -0.135. The second-order valence-corrected chi connectivity index (χ2v) is 9.03. The molecule has 1 saturated carbocycles. The number of amides is 1. The summed E-state index contributed by atoms with van der Waals surface area (Å²) >= 11 is 6.37. The second kappa shape index (κ2) is 8.29. The van der Waals surface area contributed by atoms with Crippen molar-refractivity contribution in [2.45, 2.75) is 36.8 Å². The Balaban J connectivity index is 1.46. The molecule has 4 aliphatic rings. The third-order valence-corrected chi connectivity index (χ3v) is 7.06. The number of alkyl halides is 1. The number of hydrogen-bond donors (Lipinski definition) is 0. The quantitative estimate of drug-likeness (QED) is 0.678. The Hall–Kier alpha value is -1.96. The average molecular weight is 432 g/mol. The summed E-state index contributed by atoms with van der Waals surface area (Å²) in [5, 5.41) is -0.0187. The van der Waals surface area contributed by atoms with Crippen LogP contribution in [0.3, 0.4) is 0 Å². The zero-order valence-corrected chi connectivity index (χ0v) is 17.6. The summed E-state index contributed by atoms with van der Waals surface area (Å²) in [6.45, 7) is 4.39. The maximum atomic E-state index is 13.5. The SMILES string of the molecule is O=C1C2=C(OC3CCC(Cl)CC13)C(=O)N(CCN1CCOCC1)C2c1ccncc1. The van der Waals surface area contributed by atoms with Gasteiger partial charge in [0.05, 0.1) is 30.7 Å². The number of Topliss-reactive ketones (excluding diaryl/α,β-unsaturated/α-hetero) is 1. The number of fused-ring (bicyclic) bond motifs is 1. The van der Waals surface area contributed by atoms with Crippen molar-refractivity contribution < 1.29 is 19.1 Å². The van der Waals surface area contributed by atoms with Gasteiger partial charge in [0.1, 0.15) is 6.10 Å². The first-order valence-corrected chi connectivity index (χ1v) is 11.2. The van der Waals surface area contributed by atoms with Crippen LogP contribution < -0.4 is 0 Å². The number of carbonyl (C=O) groups excluding carboxylic acids is 2. The van der Waals surface area contributed by atoms with Crippen LogP contribution in [0.4, 0.5) is 0 Å². The molecule has 30 heavy (non-hydrogen) atoms. The minimum atomic E-state index is -0.430. The summed E-state index contributed by atoms with van der Waals surface area (Å²) in [6.07, 6.45) is 5.28. The minimum absolute atomic E-state index is 0.0187. The molecule has 0 radical (unpaired) electrons. The lowest BCUT2D eigenvalue weighted by atomic mass is 9.77. The van der Waals surface area contributed by atoms with Gasteiger partial charge in [-0.25, -0.2) is 0 Å². The minimum Gasteiger partial charge on any atom is -0.483 e. The maximum absolute atomic E-state index is 13.5. The van der Waals surface area contributed by atoms with E-state index in [0.717, 1.165) is 31.6 Å². The van der Waals surface area contributed by atoms with E-state index in [1.165, 1.54) is 0 Å². The van der Waals surface area contributed by atoms with Gasteiger partial charge >= 0.3 is 0 Å². The second-order valence-electron chi connectivity index (χ2n) is 8.42. The third-order valence-electron chi connectivity index (χ3n) is 6.66. The molecule has 4 heterocycles. The van der Waals surface area contributed by atoms with Gasteiger partial charge in [0, 0.05) is 43.9 Å². The van der Waals surface area contributed by atoms with Crippen LogP contribution in [-0.2, 0) is 19.1 Å². The Morgan fingerprint density at radius 3 is 2.63 bits per heavy atom. The van der Waals surface area contributed by atoms with Crippen LogP contribution in [0.5, 0.6) is 0 Å². The van der Waals surface area contributed by atoms with Gasteiger partial charge in [0.2, 0.25) is 0 Å². The van der Waals surface area contributed by atoms with Crippen LogP contribution in [0, 0.1) is 5.92 Å². The Bertz CT molecular complexity index is 855. The van der Waals surface area contributed by atoms with Crippen LogP contribution in [0.1, 0.15) is 30.9 Å². The van der Waals surface area contributed by atoms with E-state index >= 15 is 0 Å². The van der Waals surface area contributed by atoms with Crippen molar-refractivity contribution in [3.8, 4) is 0 Å². The van der Waals surface area contributed by atoms with Crippen LogP contribution in [0.15, 0.2) is 35.9 Å². The zero-order valence-electron chi connectivity index (χ0n) is 16.8. The molecule has 1 aliphatic carbocycles. The topological polar surface area (TPSA) is 72.0 Å². The highest BCUT2D eigenvalue weighted by Gasteiger charge is 2.52. The van der Waals surface area contributed by atoms with Crippen molar-refractivity contribution in [3.63, 3.8) is 0 Å². The van der Waals surface area contributed by atoms with Gasteiger partial charge in [-0.15, -0.1) is 11.6 Å². The smallest absolute Gasteiger partial charge is 0.290 e. The fourth-order valence-corrected chi connectivity index (χ4v) is 5.38. The van der Waals surface area contributed by atoms with Crippen LogP contribution >= 0.6 is 11.6 Å². The van der Waals surface area contributed by atoms with E-state index in [0.29, 0.717) is 38.2 Å². The summed E-state index contributed by atoms with van der Waals surface area (Å²) in [7, 11) is 0. The Kier molecular flexibility index (Phi) is 5.52. The van der Waals surface area contributed by atoms with E-state index < -0.39 is 6.04 Å². The maximum Gasteiger partial charge on any atom is 0.290 e. The molecular formula is C22H26ClN3O4. The van der Waals surface area contributed by atoms with Crippen molar-refractivity contribution in [1.29, 1.82) is 0 Å². The fourth-order valence-electron chi connectivity index (χ4n) is 5.06. The number of carbonyl (C=O) groups is 2. The van der Waals surface area contributed by atoms with Crippen LogP contribution in [-0.4, -0.2) is 77.3 Å². The predicted octanol–water partition coefficient (Wildman–Crippen LogP) is 1.93. The van der Waals surface area contributed by atoms with Crippen molar-refractivity contribution in [2.24, 2.45) is 5.92 Å². The summed E-state index contributed by atoms with van der Waals surface area (Å²) in [5.41, 5.74) is 1.39. The number of rotatable bonds is 4. The molecule has 1 aromatic heterocycles. The Labute approximate surface area is 181 Å². The Morgan fingerprint density at radius 2 is 1.87 bits per heavy atom. The van der Waals surface area contributed by atoms with E-state index in [1.54, 1.807) is 17.3 Å². The molecule has 1 aromatic rings. The molecule has 7 nitrogen and oxygen atoms in total. The van der Waals surface area contributed by atoms with E-state index in [4.69, 9.17) is 21.1 Å². The molecule has 160 valence electrons. The summed E-state index contributed by atoms with van der Waals surface area (Å²) in [5.74, 6) is -0.176. The summed E-state index contributed by atoms with van der Waals surface area (Å²) in [4.78, 5) is 35.1. The van der Waals surface area contributed by atoms with Crippen LogP contribution in [0.2, 0.25) is 0 Å². The molecular weight excluding hydrogens is 406 g/mol. The lowest BCUT2D eigenvalue weighted by Crippen LogP contribution is -2.43. The molecule has 4 atom stereocenters. The van der Waals surface area contributed by atoms with Gasteiger partial charge in [-0.2, -0.15) is 0 Å². The summed E-state index contributed by atoms with van der Waals surface area (Å²) in [6, 6.07) is 3.32. The lowest BCUT2D eigenvalue weighted by Gasteiger charge is -2.37. The molecule has 8 heteroatoms. The van der Waals surface area contributed by atoms with Crippen molar-refractivity contribution in [3.05, 3.63) is 41.4 Å². The number of morpholine rings is 1. The molecule has 1 amide bonds. The first-order valence-electron chi connectivity index (χ1n) is 10.7. The highest BCUT2D eigenvalue weighted by atomic mass is 35.5. The van der Waals surface area contributed by atoms with Gasteiger partial charge < -0.3 is 14.4 Å². The number of ketones is 1. The van der Waals surface area contributed by atoms with E-state index in [1.807, 2.05) is 12.1 Å². The standard InChI is InChI=1S/C22H26ClN3O4/c23-15-1-2-17-16(13-15)20(27)18-19(14-3-5-24-6-4-14)26(22(28)21(18)30-17)8-7-25-9-11-29-12-10-25/h3-6,15-17,19H,1-2,7-13H2. The molecule has 3 aliphatic heterocycles. The van der Waals surface area contributed by atoms with E-state index in [9.17, 15) is 9.59 Å². The van der Waals surface area contributed by atoms with Gasteiger partial charge in [-0.1, -0.05) is 0 Å². The summed E-state index contributed by atoms with van der Waals surface area (Å²) < 4.78 is 11.6. The molecule has 1 saturated heterocycles. The molecule has 5 rings (SSSR count). The Morgan fingerprint density at radius 1 is 1.10 bits per heavy atom. The van der Waals surface area contributed by atoms with Gasteiger partial charge in [-0.05, 0) is 37.0 Å². The highest BCUT2D eigenvalue weighted by Crippen LogP contribution is 2.47.